The van der Waals surface area contributed by atoms with Crippen LogP contribution in [0.5, 0.6) is 5.75 Å². The first-order chi connectivity index (χ1) is 14.7. The molecule has 1 saturated heterocycles. The van der Waals surface area contributed by atoms with Crippen LogP contribution >= 0.6 is 0 Å². The van der Waals surface area contributed by atoms with Crippen LogP contribution in [0.15, 0.2) is 41.3 Å². The standard InChI is InChI=1S/C23H30N2O5S/c1-17-13-18(2)15-20(14-17)30-12-7-24(4)23(26)22-16-21(6-5-19(22)3)31(27,28)25-8-10-29-11-9-25/h5-6,13-16H,7-12H2,1-4H3. The zero-order valence-electron chi connectivity index (χ0n) is 18.6. The lowest BCUT2D eigenvalue weighted by Gasteiger charge is -2.26. The minimum absolute atomic E-state index is 0.128. The molecule has 0 radical (unpaired) electrons. The van der Waals surface area contributed by atoms with Crippen molar-refractivity contribution in [1.82, 2.24) is 9.21 Å². The van der Waals surface area contributed by atoms with Gasteiger partial charge in [0.15, 0.2) is 0 Å². The smallest absolute Gasteiger partial charge is 0.254 e. The third-order valence-corrected chi connectivity index (χ3v) is 7.18. The molecule has 168 valence electrons. The first-order valence-electron chi connectivity index (χ1n) is 10.3. The average molecular weight is 447 g/mol. The zero-order valence-corrected chi connectivity index (χ0v) is 19.4. The number of rotatable bonds is 7. The number of morpholine rings is 1. The molecule has 2 aromatic rings. The van der Waals surface area contributed by atoms with E-state index >= 15 is 0 Å². The number of hydrogen-bond acceptors (Lipinski definition) is 5. The van der Waals surface area contributed by atoms with E-state index in [4.69, 9.17) is 9.47 Å². The van der Waals surface area contributed by atoms with E-state index in [-0.39, 0.29) is 10.8 Å². The number of benzene rings is 2. The van der Waals surface area contributed by atoms with Crippen molar-refractivity contribution in [2.75, 3.05) is 46.5 Å². The Morgan fingerprint density at radius 2 is 1.71 bits per heavy atom. The van der Waals surface area contributed by atoms with Crippen LogP contribution in [0, 0.1) is 20.8 Å². The van der Waals surface area contributed by atoms with Gasteiger partial charge in [0.05, 0.1) is 24.7 Å². The Kier molecular flexibility index (Phi) is 7.35. The molecule has 0 aliphatic carbocycles. The maximum atomic E-state index is 13.0. The second-order valence-electron chi connectivity index (χ2n) is 7.89. The SMILES string of the molecule is Cc1cc(C)cc(OCCN(C)C(=O)c2cc(S(=O)(=O)N3CCOCC3)ccc2C)c1. The monoisotopic (exact) mass is 446 g/mol. The highest BCUT2D eigenvalue weighted by molar-refractivity contribution is 7.89. The van der Waals surface area contributed by atoms with E-state index in [1.807, 2.05) is 26.0 Å². The van der Waals surface area contributed by atoms with Gasteiger partial charge in [-0.2, -0.15) is 4.31 Å². The van der Waals surface area contributed by atoms with Crippen LogP contribution in [0.25, 0.3) is 0 Å². The molecular formula is C23H30N2O5S. The van der Waals surface area contributed by atoms with Crippen LogP contribution < -0.4 is 4.74 Å². The lowest BCUT2D eigenvalue weighted by Crippen LogP contribution is -2.40. The van der Waals surface area contributed by atoms with Crippen molar-refractivity contribution in [1.29, 1.82) is 0 Å². The minimum atomic E-state index is -3.66. The van der Waals surface area contributed by atoms with Crippen LogP contribution in [-0.4, -0.2) is 70.0 Å². The average Bonchev–Trinajstić information content (AvgIpc) is 2.73. The first-order valence-corrected chi connectivity index (χ1v) is 11.8. The summed E-state index contributed by atoms with van der Waals surface area (Å²) in [6.45, 7) is 7.93. The Hall–Kier alpha value is -2.42. The number of aryl methyl sites for hydroxylation is 3. The fourth-order valence-corrected chi connectivity index (χ4v) is 4.99. The predicted molar refractivity (Wildman–Crippen MR) is 119 cm³/mol. The number of likely N-dealkylation sites (N-methyl/N-ethyl adjacent to an activating group) is 1. The summed E-state index contributed by atoms with van der Waals surface area (Å²) in [4.78, 5) is 14.7. The molecule has 0 saturated carbocycles. The van der Waals surface area contributed by atoms with Crippen LogP contribution in [-0.2, 0) is 14.8 Å². The van der Waals surface area contributed by atoms with Crippen molar-refractivity contribution in [3.05, 3.63) is 58.7 Å². The highest BCUT2D eigenvalue weighted by atomic mass is 32.2. The first kappa shape index (κ1) is 23.2. The van der Waals surface area contributed by atoms with E-state index in [1.54, 1.807) is 31.0 Å². The van der Waals surface area contributed by atoms with Crippen molar-refractivity contribution in [2.45, 2.75) is 25.7 Å². The number of nitrogens with zero attached hydrogens (tertiary/aromatic N) is 2. The molecule has 1 amide bonds. The van der Waals surface area contributed by atoms with Gasteiger partial charge in [0.2, 0.25) is 10.0 Å². The Labute approximate surface area is 184 Å². The van der Waals surface area contributed by atoms with Gasteiger partial charge in [-0.15, -0.1) is 0 Å². The summed E-state index contributed by atoms with van der Waals surface area (Å²) in [6, 6.07) is 10.7. The maximum absolute atomic E-state index is 13.0. The van der Waals surface area contributed by atoms with E-state index in [0.29, 0.717) is 45.0 Å². The molecule has 0 unspecified atom stereocenters. The number of sulfonamides is 1. The van der Waals surface area contributed by atoms with Crippen LogP contribution in [0.4, 0.5) is 0 Å². The summed E-state index contributed by atoms with van der Waals surface area (Å²) in [5.41, 5.74) is 3.35. The van der Waals surface area contributed by atoms with E-state index < -0.39 is 10.0 Å². The topological polar surface area (TPSA) is 76.2 Å². The molecular weight excluding hydrogens is 416 g/mol. The summed E-state index contributed by atoms with van der Waals surface area (Å²) >= 11 is 0. The quantitative estimate of drug-likeness (QED) is 0.654. The molecule has 8 heteroatoms. The van der Waals surface area contributed by atoms with E-state index in [0.717, 1.165) is 22.4 Å². The summed E-state index contributed by atoms with van der Waals surface area (Å²) < 4.78 is 38.4. The van der Waals surface area contributed by atoms with Crippen LogP contribution in [0.3, 0.4) is 0 Å². The minimum Gasteiger partial charge on any atom is -0.492 e. The summed E-state index contributed by atoms with van der Waals surface area (Å²) in [5.74, 6) is 0.536. The van der Waals surface area contributed by atoms with Crippen molar-refractivity contribution in [2.24, 2.45) is 0 Å². The normalized spacial score (nSPS) is 15.0. The molecule has 0 atom stereocenters. The molecule has 31 heavy (non-hydrogen) atoms. The van der Waals surface area contributed by atoms with E-state index in [2.05, 4.69) is 6.07 Å². The van der Waals surface area contributed by atoms with Gasteiger partial charge in [-0.25, -0.2) is 8.42 Å². The summed E-state index contributed by atoms with van der Waals surface area (Å²) in [5, 5.41) is 0. The van der Waals surface area contributed by atoms with Gasteiger partial charge in [0.1, 0.15) is 12.4 Å². The highest BCUT2D eigenvalue weighted by Crippen LogP contribution is 2.22. The maximum Gasteiger partial charge on any atom is 0.254 e. The Morgan fingerprint density at radius 1 is 1.06 bits per heavy atom. The Balaban J connectivity index is 1.69. The number of amides is 1. The molecule has 0 N–H and O–H groups in total. The van der Waals surface area contributed by atoms with Crippen LogP contribution in [0.2, 0.25) is 0 Å². The number of ether oxygens (including phenoxy) is 2. The number of carbonyl (C=O) groups is 1. The molecule has 3 rings (SSSR count). The lowest BCUT2D eigenvalue weighted by atomic mass is 10.1. The highest BCUT2D eigenvalue weighted by Gasteiger charge is 2.27. The number of hydrogen-bond donors (Lipinski definition) is 0. The van der Waals surface area contributed by atoms with Crippen molar-refractivity contribution >= 4 is 15.9 Å². The largest absolute Gasteiger partial charge is 0.492 e. The number of carbonyl (C=O) groups excluding carboxylic acids is 1. The second-order valence-corrected chi connectivity index (χ2v) is 9.83. The second kappa shape index (κ2) is 9.80. The molecule has 0 bridgehead atoms. The molecule has 0 spiro atoms. The van der Waals surface area contributed by atoms with Crippen LogP contribution in [0.1, 0.15) is 27.0 Å². The van der Waals surface area contributed by atoms with Gasteiger partial charge in [-0.05, 0) is 61.7 Å². The molecule has 1 aliphatic heterocycles. The summed E-state index contributed by atoms with van der Waals surface area (Å²) in [6.07, 6.45) is 0. The molecule has 0 aromatic heterocycles. The van der Waals surface area contributed by atoms with Gasteiger partial charge in [-0.1, -0.05) is 12.1 Å². The van der Waals surface area contributed by atoms with Crippen molar-refractivity contribution < 1.29 is 22.7 Å². The Bertz CT molecular complexity index is 1030. The zero-order chi connectivity index (χ0) is 22.6. The molecule has 2 aromatic carbocycles. The van der Waals surface area contributed by atoms with Gasteiger partial charge in [0.25, 0.3) is 5.91 Å². The van der Waals surface area contributed by atoms with Crippen molar-refractivity contribution in [3.8, 4) is 5.75 Å². The van der Waals surface area contributed by atoms with E-state index in [1.165, 1.54) is 10.4 Å². The molecule has 7 nitrogen and oxygen atoms in total. The molecule has 1 fully saturated rings. The van der Waals surface area contributed by atoms with Gasteiger partial charge in [-0.3, -0.25) is 4.79 Å². The summed E-state index contributed by atoms with van der Waals surface area (Å²) in [7, 11) is -1.97. The van der Waals surface area contributed by atoms with Gasteiger partial charge < -0.3 is 14.4 Å². The van der Waals surface area contributed by atoms with E-state index in [9.17, 15) is 13.2 Å². The lowest BCUT2D eigenvalue weighted by molar-refractivity contribution is 0.0730. The third kappa shape index (κ3) is 5.64. The molecule has 1 heterocycles. The third-order valence-electron chi connectivity index (χ3n) is 5.28. The van der Waals surface area contributed by atoms with Gasteiger partial charge in [0, 0.05) is 25.7 Å². The van der Waals surface area contributed by atoms with Gasteiger partial charge >= 0.3 is 0 Å². The molecule has 1 aliphatic rings. The fourth-order valence-electron chi connectivity index (χ4n) is 3.55. The Morgan fingerprint density at radius 3 is 2.35 bits per heavy atom. The van der Waals surface area contributed by atoms with Crippen molar-refractivity contribution in [3.63, 3.8) is 0 Å². The predicted octanol–water partition coefficient (Wildman–Crippen LogP) is 2.78. The fraction of sp³-hybridized carbons (Fsp3) is 0.435.